The van der Waals surface area contributed by atoms with Crippen molar-refractivity contribution in [2.24, 2.45) is 0 Å². The molecular weight excluding hydrogens is 244 g/mol. The summed E-state index contributed by atoms with van der Waals surface area (Å²) in [6.45, 7) is 12.8. The minimum atomic E-state index is -0.422. The number of nitrogens with zero attached hydrogens (tertiary/aromatic N) is 2. The quantitative estimate of drug-likeness (QED) is 0.738. The third-order valence-corrected chi connectivity index (χ3v) is 3.13. The maximum absolute atomic E-state index is 11.9. The number of piperidine rings is 1. The molecular formula is C14H28N2O3. The molecule has 1 heterocycles. The van der Waals surface area contributed by atoms with Gasteiger partial charge in [-0.25, -0.2) is 4.79 Å². The molecule has 19 heavy (non-hydrogen) atoms. The van der Waals surface area contributed by atoms with Gasteiger partial charge in [0.1, 0.15) is 5.60 Å². The predicted octanol–water partition coefficient (Wildman–Crippen LogP) is 2.66. The lowest BCUT2D eigenvalue weighted by atomic mass is 10.1. The first kappa shape index (κ1) is 16.2. The van der Waals surface area contributed by atoms with Crippen molar-refractivity contribution in [1.29, 1.82) is 0 Å². The van der Waals surface area contributed by atoms with Gasteiger partial charge in [0, 0.05) is 25.7 Å². The van der Waals surface area contributed by atoms with Crippen LogP contribution in [0.25, 0.3) is 0 Å². The van der Waals surface area contributed by atoms with Crippen LogP contribution in [-0.4, -0.2) is 53.9 Å². The molecule has 0 unspecified atom stereocenters. The van der Waals surface area contributed by atoms with Gasteiger partial charge in [-0.2, -0.15) is 5.06 Å². The SMILES string of the molecule is CCON(CC)C1CCN(C(=O)OC(C)(C)C)CC1. The Balaban J connectivity index is 2.42. The van der Waals surface area contributed by atoms with E-state index in [0.29, 0.717) is 12.6 Å². The molecule has 0 saturated carbocycles. The summed E-state index contributed by atoms with van der Waals surface area (Å²) in [7, 11) is 0. The molecule has 0 spiro atoms. The van der Waals surface area contributed by atoms with Gasteiger partial charge in [0.15, 0.2) is 0 Å². The molecule has 5 heteroatoms. The fourth-order valence-corrected chi connectivity index (χ4v) is 2.28. The van der Waals surface area contributed by atoms with Gasteiger partial charge in [-0.3, -0.25) is 4.84 Å². The molecule has 0 atom stereocenters. The highest BCUT2D eigenvalue weighted by atomic mass is 16.7. The molecule has 1 aliphatic heterocycles. The lowest BCUT2D eigenvalue weighted by molar-refractivity contribution is -0.187. The van der Waals surface area contributed by atoms with Gasteiger partial charge in [-0.1, -0.05) is 6.92 Å². The van der Waals surface area contributed by atoms with Gasteiger partial charge in [0.25, 0.3) is 0 Å². The third kappa shape index (κ3) is 5.37. The minimum absolute atomic E-state index is 0.203. The zero-order chi connectivity index (χ0) is 14.5. The van der Waals surface area contributed by atoms with E-state index in [2.05, 4.69) is 6.92 Å². The van der Waals surface area contributed by atoms with Crippen molar-refractivity contribution in [2.45, 2.75) is 59.1 Å². The highest BCUT2D eigenvalue weighted by Crippen LogP contribution is 2.19. The average Bonchev–Trinajstić information content (AvgIpc) is 2.34. The molecule has 0 N–H and O–H groups in total. The summed E-state index contributed by atoms with van der Waals surface area (Å²) in [6.07, 6.45) is 1.67. The molecule has 0 radical (unpaired) electrons. The van der Waals surface area contributed by atoms with Crippen LogP contribution >= 0.6 is 0 Å². The molecule has 1 aliphatic rings. The summed E-state index contributed by atoms with van der Waals surface area (Å²) in [4.78, 5) is 19.3. The predicted molar refractivity (Wildman–Crippen MR) is 74.8 cm³/mol. The van der Waals surface area contributed by atoms with Crippen LogP contribution in [0.3, 0.4) is 0 Å². The summed E-state index contributed by atoms with van der Waals surface area (Å²) in [5.41, 5.74) is -0.422. The maximum atomic E-state index is 11.9. The molecule has 1 rings (SSSR count). The Morgan fingerprint density at radius 2 is 1.84 bits per heavy atom. The maximum Gasteiger partial charge on any atom is 0.410 e. The van der Waals surface area contributed by atoms with Crippen molar-refractivity contribution in [2.75, 3.05) is 26.2 Å². The van der Waals surface area contributed by atoms with Crippen LogP contribution in [-0.2, 0) is 9.57 Å². The number of hydrogen-bond donors (Lipinski definition) is 0. The topological polar surface area (TPSA) is 42.0 Å². The van der Waals surface area contributed by atoms with E-state index in [9.17, 15) is 4.79 Å². The zero-order valence-corrected chi connectivity index (χ0v) is 12.9. The fraction of sp³-hybridized carbons (Fsp3) is 0.929. The van der Waals surface area contributed by atoms with Crippen molar-refractivity contribution in [3.05, 3.63) is 0 Å². The molecule has 1 amide bonds. The van der Waals surface area contributed by atoms with Crippen molar-refractivity contribution in [1.82, 2.24) is 9.96 Å². The van der Waals surface area contributed by atoms with Crippen LogP contribution in [0.15, 0.2) is 0 Å². The van der Waals surface area contributed by atoms with E-state index in [1.807, 2.05) is 32.8 Å². The summed E-state index contributed by atoms with van der Waals surface area (Å²) in [5, 5.41) is 2.03. The summed E-state index contributed by atoms with van der Waals surface area (Å²) < 4.78 is 5.39. The third-order valence-electron chi connectivity index (χ3n) is 3.13. The van der Waals surface area contributed by atoms with Crippen LogP contribution in [0.4, 0.5) is 4.79 Å². The van der Waals surface area contributed by atoms with E-state index in [1.165, 1.54) is 0 Å². The molecule has 1 saturated heterocycles. The first-order valence-corrected chi connectivity index (χ1v) is 7.24. The van der Waals surface area contributed by atoms with Crippen LogP contribution in [0.2, 0.25) is 0 Å². The van der Waals surface area contributed by atoms with Crippen LogP contribution in [0, 0.1) is 0 Å². The monoisotopic (exact) mass is 272 g/mol. The Morgan fingerprint density at radius 1 is 1.26 bits per heavy atom. The molecule has 1 fully saturated rings. The van der Waals surface area contributed by atoms with E-state index in [4.69, 9.17) is 9.57 Å². The van der Waals surface area contributed by atoms with Gasteiger partial charge in [0.2, 0.25) is 0 Å². The molecule has 0 aromatic carbocycles. The minimum Gasteiger partial charge on any atom is -0.444 e. The van der Waals surface area contributed by atoms with E-state index in [1.54, 1.807) is 4.90 Å². The molecule has 5 nitrogen and oxygen atoms in total. The van der Waals surface area contributed by atoms with Crippen molar-refractivity contribution >= 4 is 6.09 Å². The van der Waals surface area contributed by atoms with Crippen LogP contribution in [0.5, 0.6) is 0 Å². The highest BCUT2D eigenvalue weighted by Gasteiger charge is 2.29. The number of rotatable bonds is 4. The fourth-order valence-electron chi connectivity index (χ4n) is 2.28. The molecule has 0 aliphatic carbocycles. The molecule has 0 bridgehead atoms. The lowest BCUT2D eigenvalue weighted by Gasteiger charge is -2.37. The smallest absolute Gasteiger partial charge is 0.410 e. The zero-order valence-electron chi connectivity index (χ0n) is 12.9. The highest BCUT2D eigenvalue weighted by molar-refractivity contribution is 5.68. The van der Waals surface area contributed by atoms with E-state index < -0.39 is 5.60 Å². The first-order valence-electron chi connectivity index (χ1n) is 7.24. The standard InChI is InChI=1S/C14H28N2O3/c1-6-16(18-7-2)12-8-10-15(11-9-12)13(17)19-14(3,4)5/h12H,6-11H2,1-5H3. The van der Waals surface area contributed by atoms with Crippen LogP contribution < -0.4 is 0 Å². The Hall–Kier alpha value is -0.810. The molecule has 0 aromatic rings. The van der Waals surface area contributed by atoms with Gasteiger partial charge in [-0.05, 0) is 40.5 Å². The number of hydrogen-bond acceptors (Lipinski definition) is 4. The van der Waals surface area contributed by atoms with E-state index in [-0.39, 0.29) is 6.09 Å². The van der Waals surface area contributed by atoms with Gasteiger partial charge >= 0.3 is 6.09 Å². The largest absolute Gasteiger partial charge is 0.444 e. The first-order chi connectivity index (χ1) is 8.87. The normalized spacial score (nSPS) is 17.9. The average molecular weight is 272 g/mol. The number of carbonyl (C=O) groups is 1. The van der Waals surface area contributed by atoms with Crippen molar-refractivity contribution in [3.8, 4) is 0 Å². The Labute approximate surface area is 116 Å². The number of ether oxygens (including phenoxy) is 1. The van der Waals surface area contributed by atoms with E-state index in [0.717, 1.165) is 32.5 Å². The number of amides is 1. The Bertz CT molecular complexity index is 281. The van der Waals surface area contributed by atoms with Gasteiger partial charge in [0.05, 0.1) is 6.61 Å². The van der Waals surface area contributed by atoms with Crippen molar-refractivity contribution in [3.63, 3.8) is 0 Å². The summed E-state index contributed by atoms with van der Waals surface area (Å²) >= 11 is 0. The second kappa shape index (κ2) is 7.10. The second-order valence-corrected chi connectivity index (χ2v) is 5.85. The number of carbonyl (C=O) groups excluding carboxylic acids is 1. The van der Waals surface area contributed by atoms with Crippen LogP contribution in [0.1, 0.15) is 47.5 Å². The van der Waals surface area contributed by atoms with Crippen molar-refractivity contribution < 1.29 is 14.4 Å². The van der Waals surface area contributed by atoms with Gasteiger partial charge in [-0.15, -0.1) is 0 Å². The molecule has 112 valence electrons. The summed E-state index contributed by atoms with van der Waals surface area (Å²) in [6, 6.07) is 0.406. The molecule has 0 aromatic heterocycles. The number of hydroxylamine groups is 2. The lowest BCUT2D eigenvalue weighted by Crippen LogP contribution is -2.47. The second-order valence-electron chi connectivity index (χ2n) is 5.85. The Kier molecular flexibility index (Phi) is 6.07. The van der Waals surface area contributed by atoms with Gasteiger partial charge < -0.3 is 9.64 Å². The summed E-state index contributed by atoms with van der Waals surface area (Å²) in [5.74, 6) is 0. The van der Waals surface area contributed by atoms with E-state index >= 15 is 0 Å². The number of likely N-dealkylation sites (tertiary alicyclic amines) is 1. The Morgan fingerprint density at radius 3 is 2.26 bits per heavy atom.